The summed E-state index contributed by atoms with van der Waals surface area (Å²) in [6, 6.07) is 10.3. The first-order valence-electron chi connectivity index (χ1n) is 6.98. The van der Waals surface area contributed by atoms with Gasteiger partial charge in [0.1, 0.15) is 0 Å². The van der Waals surface area contributed by atoms with Gasteiger partial charge in [0.15, 0.2) is 0 Å². The Hall–Kier alpha value is -1.35. The molecule has 0 aromatic heterocycles. The molecule has 0 saturated heterocycles. The van der Waals surface area contributed by atoms with Crippen LogP contribution in [0.5, 0.6) is 0 Å². The molecule has 0 amide bonds. The lowest BCUT2D eigenvalue weighted by molar-refractivity contribution is -0.141. The van der Waals surface area contributed by atoms with Crippen molar-refractivity contribution in [2.75, 3.05) is 19.6 Å². The molecule has 0 radical (unpaired) electrons. The van der Waals surface area contributed by atoms with E-state index in [2.05, 4.69) is 30.9 Å². The van der Waals surface area contributed by atoms with Gasteiger partial charge in [0.05, 0.1) is 5.92 Å². The maximum atomic E-state index is 11.0. The lowest BCUT2D eigenvalue weighted by atomic mass is 10.1. The minimum absolute atomic E-state index is 0.311. The van der Waals surface area contributed by atoms with E-state index in [9.17, 15) is 4.79 Å². The van der Waals surface area contributed by atoms with Crippen LogP contribution in [0.2, 0.25) is 0 Å². The molecule has 3 nitrogen and oxygen atoms in total. The molecule has 1 atom stereocenters. The number of carboxylic acids is 1. The smallest absolute Gasteiger partial charge is 0.307 e. The second-order valence-corrected chi connectivity index (χ2v) is 5.63. The Morgan fingerprint density at radius 2 is 1.79 bits per heavy atom. The molecule has 1 aromatic rings. The van der Waals surface area contributed by atoms with Crippen LogP contribution < -0.4 is 0 Å². The molecule has 1 rings (SSSR count). The molecule has 106 valence electrons. The van der Waals surface area contributed by atoms with E-state index in [1.165, 1.54) is 5.56 Å². The van der Waals surface area contributed by atoms with Crippen molar-refractivity contribution in [1.82, 2.24) is 4.90 Å². The van der Waals surface area contributed by atoms with Crippen LogP contribution in [0.3, 0.4) is 0 Å². The van der Waals surface area contributed by atoms with Crippen molar-refractivity contribution in [3.05, 3.63) is 35.9 Å². The summed E-state index contributed by atoms with van der Waals surface area (Å²) >= 11 is 0. The predicted octanol–water partition coefficient (Wildman–Crippen LogP) is 2.91. The van der Waals surface area contributed by atoms with Gasteiger partial charge in [-0.2, -0.15) is 0 Å². The van der Waals surface area contributed by atoms with E-state index < -0.39 is 5.97 Å². The molecule has 1 unspecified atom stereocenters. The lowest BCUT2D eigenvalue weighted by Gasteiger charge is -2.26. The topological polar surface area (TPSA) is 40.5 Å². The third-order valence-corrected chi connectivity index (χ3v) is 3.14. The molecule has 19 heavy (non-hydrogen) atoms. The fourth-order valence-corrected chi connectivity index (χ4v) is 2.17. The minimum atomic E-state index is -0.714. The van der Waals surface area contributed by atoms with Gasteiger partial charge >= 0.3 is 5.97 Å². The first-order valence-corrected chi connectivity index (χ1v) is 6.98. The zero-order valence-corrected chi connectivity index (χ0v) is 12.2. The highest BCUT2D eigenvalue weighted by Crippen LogP contribution is 2.07. The van der Waals surface area contributed by atoms with Gasteiger partial charge in [-0.1, -0.05) is 51.1 Å². The van der Waals surface area contributed by atoms with E-state index in [0.29, 0.717) is 12.5 Å². The molecule has 0 fully saturated rings. The van der Waals surface area contributed by atoms with Crippen LogP contribution in [0.25, 0.3) is 0 Å². The van der Waals surface area contributed by atoms with Crippen LogP contribution in [0.4, 0.5) is 0 Å². The van der Waals surface area contributed by atoms with Gasteiger partial charge in [-0.25, -0.2) is 0 Å². The molecule has 0 bridgehead atoms. The summed E-state index contributed by atoms with van der Waals surface area (Å²) in [5, 5.41) is 9.02. The van der Waals surface area contributed by atoms with Crippen molar-refractivity contribution < 1.29 is 9.90 Å². The molecular weight excluding hydrogens is 238 g/mol. The summed E-state index contributed by atoms with van der Waals surface area (Å²) in [6.45, 7) is 8.60. The van der Waals surface area contributed by atoms with Crippen molar-refractivity contribution in [2.45, 2.75) is 27.2 Å². The van der Waals surface area contributed by atoms with Gasteiger partial charge in [0, 0.05) is 19.6 Å². The van der Waals surface area contributed by atoms with Gasteiger partial charge in [0.25, 0.3) is 0 Å². The molecule has 1 aromatic carbocycles. The Kier molecular flexibility index (Phi) is 6.57. The lowest BCUT2D eigenvalue weighted by Crippen LogP contribution is -2.36. The number of hydrogen-bond acceptors (Lipinski definition) is 2. The standard InChI is InChI=1S/C16H25NO2/c1-13(2)11-17(12-14(3)16(18)19)10-9-15-7-5-4-6-8-15/h4-8,13-14H,9-12H2,1-3H3,(H,18,19). The molecule has 0 aliphatic heterocycles. The Morgan fingerprint density at radius 1 is 1.16 bits per heavy atom. The fraction of sp³-hybridized carbons (Fsp3) is 0.562. The van der Waals surface area contributed by atoms with Crippen LogP contribution in [0.15, 0.2) is 30.3 Å². The molecule has 0 aliphatic rings. The normalized spacial score (nSPS) is 12.9. The van der Waals surface area contributed by atoms with Gasteiger partial charge < -0.3 is 10.0 Å². The number of aliphatic carboxylic acids is 1. The van der Waals surface area contributed by atoms with Gasteiger partial charge in [-0.3, -0.25) is 4.79 Å². The molecule has 0 aliphatic carbocycles. The highest BCUT2D eigenvalue weighted by atomic mass is 16.4. The van der Waals surface area contributed by atoms with Crippen LogP contribution in [-0.2, 0) is 11.2 Å². The first kappa shape index (κ1) is 15.7. The zero-order valence-electron chi connectivity index (χ0n) is 12.2. The second kappa shape index (κ2) is 7.95. The van der Waals surface area contributed by atoms with E-state index in [-0.39, 0.29) is 5.92 Å². The monoisotopic (exact) mass is 263 g/mol. The highest BCUT2D eigenvalue weighted by Gasteiger charge is 2.16. The van der Waals surface area contributed by atoms with E-state index in [4.69, 9.17) is 5.11 Å². The quantitative estimate of drug-likeness (QED) is 0.784. The molecule has 0 heterocycles. The molecular formula is C16H25NO2. The maximum absolute atomic E-state index is 11.0. The van der Waals surface area contributed by atoms with E-state index in [0.717, 1.165) is 19.5 Å². The summed E-state index contributed by atoms with van der Waals surface area (Å²) in [4.78, 5) is 13.2. The van der Waals surface area contributed by atoms with E-state index >= 15 is 0 Å². The van der Waals surface area contributed by atoms with Crippen molar-refractivity contribution >= 4 is 5.97 Å². The van der Waals surface area contributed by atoms with Crippen LogP contribution in [-0.4, -0.2) is 35.6 Å². The maximum Gasteiger partial charge on any atom is 0.307 e. The van der Waals surface area contributed by atoms with Crippen LogP contribution in [0, 0.1) is 11.8 Å². The first-order chi connectivity index (χ1) is 8.99. The largest absolute Gasteiger partial charge is 0.481 e. The summed E-state index contributed by atoms with van der Waals surface area (Å²) < 4.78 is 0. The minimum Gasteiger partial charge on any atom is -0.481 e. The fourth-order valence-electron chi connectivity index (χ4n) is 2.17. The van der Waals surface area contributed by atoms with E-state index in [1.54, 1.807) is 6.92 Å². The number of carboxylic acid groups (broad SMARTS) is 1. The number of carbonyl (C=O) groups is 1. The van der Waals surface area contributed by atoms with Crippen molar-refractivity contribution in [2.24, 2.45) is 11.8 Å². The molecule has 0 spiro atoms. The number of rotatable bonds is 8. The molecule has 0 saturated carbocycles. The third-order valence-electron chi connectivity index (χ3n) is 3.14. The Morgan fingerprint density at radius 3 is 2.32 bits per heavy atom. The summed E-state index contributed by atoms with van der Waals surface area (Å²) in [5.41, 5.74) is 1.30. The van der Waals surface area contributed by atoms with Crippen molar-refractivity contribution in [3.8, 4) is 0 Å². The number of benzene rings is 1. The second-order valence-electron chi connectivity index (χ2n) is 5.63. The van der Waals surface area contributed by atoms with Gasteiger partial charge in [-0.15, -0.1) is 0 Å². The predicted molar refractivity (Wildman–Crippen MR) is 78.2 cm³/mol. The molecule has 3 heteroatoms. The highest BCUT2D eigenvalue weighted by molar-refractivity contribution is 5.69. The summed E-state index contributed by atoms with van der Waals surface area (Å²) in [7, 11) is 0. The third kappa shape index (κ3) is 6.39. The van der Waals surface area contributed by atoms with Gasteiger partial charge in [-0.05, 0) is 17.9 Å². The average molecular weight is 263 g/mol. The van der Waals surface area contributed by atoms with E-state index in [1.807, 2.05) is 18.2 Å². The number of hydrogen-bond donors (Lipinski definition) is 1. The van der Waals surface area contributed by atoms with Crippen molar-refractivity contribution in [3.63, 3.8) is 0 Å². The van der Waals surface area contributed by atoms with Crippen molar-refractivity contribution in [1.29, 1.82) is 0 Å². The zero-order chi connectivity index (χ0) is 14.3. The SMILES string of the molecule is CC(C)CN(CCc1ccccc1)CC(C)C(=O)O. The summed E-state index contributed by atoms with van der Waals surface area (Å²) in [5.74, 6) is -0.472. The Bertz CT molecular complexity index is 376. The summed E-state index contributed by atoms with van der Waals surface area (Å²) in [6.07, 6.45) is 0.972. The molecule has 1 N–H and O–H groups in total. The van der Waals surface area contributed by atoms with Gasteiger partial charge in [0.2, 0.25) is 0 Å². The number of nitrogens with zero attached hydrogens (tertiary/aromatic N) is 1. The van der Waals surface area contributed by atoms with Crippen LogP contribution >= 0.6 is 0 Å². The Balaban J connectivity index is 2.52. The Labute approximate surface area is 116 Å². The van der Waals surface area contributed by atoms with Crippen LogP contribution in [0.1, 0.15) is 26.3 Å². The average Bonchev–Trinajstić information content (AvgIpc) is 2.36.